The summed E-state index contributed by atoms with van der Waals surface area (Å²) in [5.74, 6) is -1.33. The normalized spacial score (nSPS) is 17.3. The summed E-state index contributed by atoms with van der Waals surface area (Å²) in [6.45, 7) is 2.51. The van der Waals surface area contributed by atoms with Crippen molar-refractivity contribution >= 4 is 17.7 Å². The fraction of sp³-hybridized carbons (Fsp3) is 0.312. The van der Waals surface area contributed by atoms with Crippen LogP contribution in [0.2, 0.25) is 0 Å². The average Bonchev–Trinajstić information content (AvgIpc) is 3.16. The maximum atomic E-state index is 12.3. The highest BCUT2D eigenvalue weighted by atomic mass is 16.4. The van der Waals surface area contributed by atoms with Gasteiger partial charge in [0.05, 0.1) is 29.2 Å². The summed E-state index contributed by atoms with van der Waals surface area (Å²) in [5, 5.41) is 16.2. The minimum atomic E-state index is -0.853. The van der Waals surface area contributed by atoms with Gasteiger partial charge in [-0.05, 0) is 25.5 Å². The number of amides is 2. The number of carbonyl (C=O) groups is 2. The lowest BCUT2D eigenvalue weighted by atomic mass is 10.1. The molecule has 0 saturated carbocycles. The fourth-order valence-corrected chi connectivity index (χ4v) is 2.64. The molecule has 1 fully saturated rings. The van der Waals surface area contributed by atoms with Gasteiger partial charge in [0.1, 0.15) is 0 Å². The molecule has 3 rings (SSSR count). The number of anilines is 1. The molecule has 2 N–H and O–H groups in total. The zero-order valence-electron chi connectivity index (χ0n) is 12.8. The zero-order valence-corrected chi connectivity index (χ0v) is 12.8. The molecule has 1 atom stereocenters. The number of carboxylic acids is 1. The van der Waals surface area contributed by atoms with Crippen LogP contribution in [0.15, 0.2) is 36.5 Å². The number of nitrogens with zero attached hydrogens (tertiary/aromatic N) is 3. The standard InChI is InChI=1S/C16H18N4O3/c1-11-14(10-20(18-11)13-5-3-2-4-6-13)17-16(23)19-8-7-12(9-19)15(21)22/h2-6,10,12H,7-9H2,1H3,(H,17,23)(H,21,22). The van der Waals surface area contributed by atoms with Crippen LogP contribution in [0.5, 0.6) is 0 Å². The first-order valence-electron chi connectivity index (χ1n) is 7.45. The summed E-state index contributed by atoms with van der Waals surface area (Å²) in [7, 11) is 0. The minimum Gasteiger partial charge on any atom is -0.481 e. The molecule has 2 aromatic rings. The molecular formula is C16H18N4O3. The molecule has 2 amide bonds. The van der Waals surface area contributed by atoms with Gasteiger partial charge in [-0.15, -0.1) is 0 Å². The van der Waals surface area contributed by atoms with E-state index >= 15 is 0 Å². The molecule has 0 bridgehead atoms. The third-order valence-corrected chi connectivity index (χ3v) is 3.99. The molecule has 0 aliphatic carbocycles. The van der Waals surface area contributed by atoms with Crippen molar-refractivity contribution < 1.29 is 14.7 Å². The van der Waals surface area contributed by atoms with Gasteiger partial charge in [0.15, 0.2) is 0 Å². The molecule has 1 saturated heterocycles. The van der Waals surface area contributed by atoms with Crippen LogP contribution in [-0.2, 0) is 4.79 Å². The van der Waals surface area contributed by atoms with Crippen LogP contribution in [0.4, 0.5) is 10.5 Å². The topological polar surface area (TPSA) is 87.5 Å². The van der Waals surface area contributed by atoms with Crippen molar-refractivity contribution in [3.05, 3.63) is 42.2 Å². The van der Waals surface area contributed by atoms with Crippen LogP contribution in [0, 0.1) is 12.8 Å². The number of carbonyl (C=O) groups excluding carboxylic acids is 1. The summed E-state index contributed by atoms with van der Waals surface area (Å²) in [5.41, 5.74) is 2.23. The van der Waals surface area contributed by atoms with Crippen LogP contribution >= 0.6 is 0 Å². The molecule has 0 radical (unpaired) electrons. The van der Waals surface area contributed by atoms with Gasteiger partial charge >= 0.3 is 12.0 Å². The lowest BCUT2D eigenvalue weighted by Crippen LogP contribution is -2.33. The van der Waals surface area contributed by atoms with Gasteiger partial charge in [-0.1, -0.05) is 18.2 Å². The van der Waals surface area contributed by atoms with E-state index < -0.39 is 11.9 Å². The Morgan fingerprint density at radius 3 is 2.70 bits per heavy atom. The molecule has 1 unspecified atom stereocenters. The first-order valence-corrected chi connectivity index (χ1v) is 7.45. The van der Waals surface area contributed by atoms with E-state index in [1.165, 1.54) is 4.90 Å². The summed E-state index contributed by atoms with van der Waals surface area (Å²) < 4.78 is 1.70. The van der Waals surface area contributed by atoms with Gasteiger partial charge in [0.2, 0.25) is 0 Å². The lowest BCUT2D eigenvalue weighted by Gasteiger charge is -2.16. The predicted molar refractivity (Wildman–Crippen MR) is 84.6 cm³/mol. The van der Waals surface area contributed by atoms with E-state index in [2.05, 4.69) is 10.4 Å². The van der Waals surface area contributed by atoms with Crippen molar-refractivity contribution in [1.82, 2.24) is 14.7 Å². The van der Waals surface area contributed by atoms with Crippen LogP contribution in [0.1, 0.15) is 12.1 Å². The van der Waals surface area contributed by atoms with Gasteiger partial charge in [-0.3, -0.25) is 4.79 Å². The predicted octanol–water partition coefficient (Wildman–Crippen LogP) is 2.12. The van der Waals surface area contributed by atoms with E-state index in [-0.39, 0.29) is 12.6 Å². The Balaban J connectivity index is 1.70. The number of hydrogen-bond acceptors (Lipinski definition) is 3. The summed E-state index contributed by atoms with van der Waals surface area (Å²) in [6.07, 6.45) is 2.25. The first-order chi connectivity index (χ1) is 11.0. The highest BCUT2D eigenvalue weighted by molar-refractivity contribution is 5.90. The Labute approximate surface area is 133 Å². The Morgan fingerprint density at radius 2 is 2.04 bits per heavy atom. The van der Waals surface area contributed by atoms with Crippen LogP contribution < -0.4 is 5.32 Å². The first kappa shape index (κ1) is 15.1. The molecule has 2 heterocycles. The van der Waals surface area contributed by atoms with Crippen LogP contribution in [0.25, 0.3) is 5.69 Å². The molecule has 1 aliphatic heterocycles. The monoisotopic (exact) mass is 314 g/mol. The summed E-state index contributed by atoms with van der Waals surface area (Å²) >= 11 is 0. The van der Waals surface area contributed by atoms with Gasteiger partial charge in [0.25, 0.3) is 0 Å². The largest absolute Gasteiger partial charge is 0.481 e. The number of likely N-dealkylation sites (tertiary alicyclic amines) is 1. The van der Waals surface area contributed by atoms with Crippen molar-refractivity contribution in [2.45, 2.75) is 13.3 Å². The maximum Gasteiger partial charge on any atom is 0.321 e. The SMILES string of the molecule is Cc1nn(-c2ccccc2)cc1NC(=O)N1CCC(C(=O)O)C1. The molecule has 1 aromatic heterocycles. The minimum absolute atomic E-state index is 0.243. The molecule has 1 aliphatic rings. The third kappa shape index (κ3) is 3.18. The Kier molecular flexibility index (Phi) is 4.01. The maximum absolute atomic E-state index is 12.3. The number of aromatic nitrogens is 2. The smallest absolute Gasteiger partial charge is 0.321 e. The van der Waals surface area contributed by atoms with Gasteiger partial charge in [-0.2, -0.15) is 5.10 Å². The van der Waals surface area contributed by atoms with Gasteiger partial charge in [-0.25, -0.2) is 9.48 Å². The number of nitrogens with one attached hydrogen (secondary N) is 1. The van der Waals surface area contributed by atoms with Gasteiger partial charge in [0, 0.05) is 13.1 Å². The second kappa shape index (κ2) is 6.12. The van der Waals surface area contributed by atoms with E-state index in [4.69, 9.17) is 5.11 Å². The van der Waals surface area contributed by atoms with Crippen molar-refractivity contribution in [1.29, 1.82) is 0 Å². The second-order valence-corrected chi connectivity index (χ2v) is 5.61. The number of aryl methyl sites for hydroxylation is 1. The number of carboxylic acid groups (broad SMARTS) is 1. The highest BCUT2D eigenvalue weighted by Crippen LogP contribution is 2.20. The molecule has 1 aromatic carbocycles. The highest BCUT2D eigenvalue weighted by Gasteiger charge is 2.31. The van der Waals surface area contributed by atoms with Crippen molar-refractivity contribution in [2.24, 2.45) is 5.92 Å². The summed E-state index contributed by atoms with van der Waals surface area (Å²) in [6, 6.07) is 9.33. The molecule has 7 heteroatoms. The number of hydrogen-bond donors (Lipinski definition) is 2. The quantitative estimate of drug-likeness (QED) is 0.908. The molecule has 120 valence electrons. The molecule has 0 spiro atoms. The van der Waals surface area contributed by atoms with E-state index in [1.54, 1.807) is 10.9 Å². The van der Waals surface area contributed by atoms with Crippen LogP contribution in [0.3, 0.4) is 0 Å². The average molecular weight is 314 g/mol. The second-order valence-electron chi connectivity index (χ2n) is 5.61. The third-order valence-electron chi connectivity index (χ3n) is 3.99. The van der Waals surface area contributed by atoms with Crippen LogP contribution in [-0.4, -0.2) is 44.9 Å². The number of aliphatic carboxylic acids is 1. The Bertz CT molecular complexity index is 726. The van der Waals surface area contributed by atoms with Crippen molar-refractivity contribution in [2.75, 3.05) is 18.4 Å². The van der Waals surface area contributed by atoms with Crippen molar-refractivity contribution in [3.63, 3.8) is 0 Å². The lowest BCUT2D eigenvalue weighted by molar-refractivity contribution is -0.141. The summed E-state index contributed by atoms with van der Waals surface area (Å²) in [4.78, 5) is 24.8. The molecule has 7 nitrogen and oxygen atoms in total. The van der Waals surface area contributed by atoms with Gasteiger partial charge < -0.3 is 15.3 Å². The number of para-hydroxylation sites is 1. The van der Waals surface area contributed by atoms with E-state index in [0.29, 0.717) is 24.3 Å². The van der Waals surface area contributed by atoms with E-state index in [0.717, 1.165) is 5.69 Å². The molecular weight excluding hydrogens is 296 g/mol. The Hall–Kier alpha value is -2.83. The Morgan fingerprint density at radius 1 is 1.30 bits per heavy atom. The zero-order chi connectivity index (χ0) is 16.4. The van der Waals surface area contributed by atoms with E-state index in [1.807, 2.05) is 37.3 Å². The van der Waals surface area contributed by atoms with E-state index in [9.17, 15) is 9.59 Å². The number of benzene rings is 1. The number of rotatable bonds is 3. The molecule has 23 heavy (non-hydrogen) atoms. The van der Waals surface area contributed by atoms with Crippen molar-refractivity contribution in [3.8, 4) is 5.69 Å². The number of urea groups is 1. The fourth-order valence-electron chi connectivity index (χ4n) is 2.64.